The molecule has 2 N–H and O–H groups in total. The number of benzene rings is 2. The van der Waals surface area contributed by atoms with Crippen LogP contribution in [-0.4, -0.2) is 37.8 Å². The summed E-state index contributed by atoms with van der Waals surface area (Å²) >= 11 is 3.43. The summed E-state index contributed by atoms with van der Waals surface area (Å²) in [6, 6.07) is 12.7. The summed E-state index contributed by atoms with van der Waals surface area (Å²) in [7, 11) is 1.45. The van der Waals surface area contributed by atoms with Crippen molar-refractivity contribution in [2.45, 2.75) is 0 Å². The lowest BCUT2D eigenvalue weighted by Gasteiger charge is -2.06. The summed E-state index contributed by atoms with van der Waals surface area (Å²) in [6.45, 7) is 0. The molecule has 0 saturated heterocycles. The normalized spacial score (nSPS) is 11.3. The molecule has 0 fully saturated rings. The molecule has 0 saturated carbocycles. The molecular weight excluding hydrogens is 468 g/mol. The highest BCUT2D eigenvalue weighted by molar-refractivity contribution is 9.10. The van der Waals surface area contributed by atoms with Gasteiger partial charge in [-0.25, -0.2) is 9.98 Å². The minimum Gasteiger partial charge on any atom is -0.504 e. The molecule has 0 radical (unpaired) electrons. The number of nitrogens with zero attached hydrogens (tertiary/aromatic N) is 4. The van der Waals surface area contributed by atoms with Crippen molar-refractivity contribution < 1.29 is 19.9 Å². The highest BCUT2D eigenvalue weighted by atomic mass is 79.9. The van der Waals surface area contributed by atoms with Gasteiger partial charge in [-0.2, -0.15) is 0 Å². The van der Waals surface area contributed by atoms with Crippen LogP contribution in [0.4, 0.5) is 11.5 Å². The topological polar surface area (TPSA) is 122 Å². The maximum absolute atomic E-state index is 11.1. The molecule has 0 atom stereocenters. The Hall–Kier alpha value is -3.92. The van der Waals surface area contributed by atoms with Gasteiger partial charge < -0.3 is 14.9 Å². The highest BCUT2D eigenvalue weighted by Gasteiger charge is 2.18. The van der Waals surface area contributed by atoms with Crippen molar-refractivity contribution in [1.82, 2.24) is 9.38 Å². The number of imidazole rings is 1. The maximum atomic E-state index is 11.1. The van der Waals surface area contributed by atoms with Crippen molar-refractivity contribution in [3.8, 4) is 28.5 Å². The maximum Gasteiger partial charge on any atom is 0.311 e. The predicted molar refractivity (Wildman–Crippen MR) is 119 cm³/mol. The van der Waals surface area contributed by atoms with Crippen molar-refractivity contribution in [2.75, 3.05) is 7.11 Å². The van der Waals surface area contributed by atoms with Crippen LogP contribution in [0.3, 0.4) is 0 Å². The molecule has 0 bridgehead atoms. The monoisotopic (exact) mass is 482 g/mol. The van der Waals surface area contributed by atoms with Crippen molar-refractivity contribution in [2.24, 2.45) is 4.99 Å². The Morgan fingerprint density at radius 1 is 1.23 bits per heavy atom. The van der Waals surface area contributed by atoms with Crippen LogP contribution in [0, 0.1) is 10.1 Å². The number of rotatable bonds is 5. The van der Waals surface area contributed by atoms with E-state index in [1.54, 1.807) is 28.8 Å². The smallest absolute Gasteiger partial charge is 0.311 e. The van der Waals surface area contributed by atoms with Gasteiger partial charge in [0.2, 0.25) is 5.75 Å². The number of ether oxygens (including phenoxy) is 1. The van der Waals surface area contributed by atoms with Gasteiger partial charge in [-0.1, -0.05) is 6.07 Å². The van der Waals surface area contributed by atoms with Crippen LogP contribution in [0.2, 0.25) is 0 Å². The van der Waals surface area contributed by atoms with E-state index in [9.17, 15) is 20.3 Å². The van der Waals surface area contributed by atoms with E-state index in [1.165, 1.54) is 37.6 Å². The van der Waals surface area contributed by atoms with Gasteiger partial charge in [0, 0.05) is 34.1 Å². The van der Waals surface area contributed by atoms with Gasteiger partial charge in [-0.15, -0.1) is 0 Å². The first kappa shape index (κ1) is 20.4. The average molecular weight is 483 g/mol. The van der Waals surface area contributed by atoms with Crippen molar-refractivity contribution in [3.05, 3.63) is 74.9 Å². The van der Waals surface area contributed by atoms with Gasteiger partial charge in [0.25, 0.3) is 0 Å². The van der Waals surface area contributed by atoms with E-state index in [-0.39, 0.29) is 17.1 Å². The molecule has 2 aromatic heterocycles. The van der Waals surface area contributed by atoms with Crippen molar-refractivity contribution in [3.63, 3.8) is 0 Å². The second-order valence-corrected chi connectivity index (χ2v) is 7.39. The van der Waals surface area contributed by atoms with E-state index in [0.29, 0.717) is 22.7 Å². The van der Waals surface area contributed by atoms with E-state index in [1.807, 2.05) is 6.07 Å². The molecule has 2 heterocycles. The van der Waals surface area contributed by atoms with Crippen LogP contribution in [-0.2, 0) is 0 Å². The number of halogens is 1. The fourth-order valence-electron chi connectivity index (χ4n) is 3.08. The number of aromatic nitrogens is 2. The second kappa shape index (κ2) is 8.07. The number of aliphatic imine (C=N–C) groups is 1. The Bertz CT molecular complexity index is 1350. The van der Waals surface area contributed by atoms with Crippen LogP contribution in [0.15, 0.2) is 64.2 Å². The molecule has 9 nitrogen and oxygen atoms in total. The predicted octanol–water partition coefficient (Wildman–Crippen LogP) is 4.84. The Labute approximate surface area is 184 Å². The third kappa shape index (κ3) is 3.80. The Morgan fingerprint density at radius 3 is 2.77 bits per heavy atom. The molecule has 4 rings (SSSR count). The van der Waals surface area contributed by atoms with Gasteiger partial charge in [0.1, 0.15) is 11.3 Å². The number of para-hydroxylation sites is 1. The Balaban J connectivity index is 1.90. The van der Waals surface area contributed by atoms with E-state index in [2.05, 4.69) is 25.9 Å². The molecule has 10 heteroatoms. The number of phenolic OH excluding ortho intramolecular Hbond substituents is 2. The molecule has 0 aliphatic carbocycles. The first-order valence-corrected chi connectivity index (χ1v) is 9.73. The number of hydrogen-bond donors (Lipinski definition) is 2. The molecule has 0 unspecified atom stereocenters. The summed E-state index contributed by atoms with van der Waals surface area (Å²) in [4.78, 5) is 19.6. The third-order valence-electron chi connectivity index (χ3n) is 4.58. The van der Waals surface area contributed by atoms with Crippen LogP contribution in [0.1, 0.15) is 5.56 Å². The van der Waals surface area contributed by atoms with Gasteiger partial charge in [-0.3, -0.25) is 14.5 Å². The molecule has 156 valence electrons. The summed E-state index contributed by atoms with van der Waals surface area (Å²) in [5.74, 6) is 0.223. The first-order valence-electron chi connectivity index (χ1n) is 8.94. The second-order valence-electron chi connectivity index (χ2n) is 6.48. The third-order valence-corrected chi connectivity index (χ3v) is 5.05. The number of pyridine rings is 1. The lowest BCUT2D eigenvalue weighted by molar-refractivity contribution is -0.385. The lowest BCUT2D eigenvalue weighted by atomic mass is 10.1. The van der Waals surface area contributed by atoms with Gasteiger partial charge in [0.15, 0.2) is 17.3 Å². The zero-order valence-electron chi connectivity index (χ0n) is 16.1. The van der Waals surface area contributed by atoms with E-state index in [0.717, 1.165) is 4.47 Å². The summed E-state index contributed by atoms with van der Waals surface area (Å²) in [5, 5.41) is 31.2. The summed E-state index contributed by atoms with van der Waals surface area (Å²) in [5.41, 5.74) is 1.53. The number of methoxy groups -OCH3 is 1. The van der Waals surface area contributed by atoms with Gasteiger partial charge in [-0.05, 0) is 52.3 Å². The van der Waals surface area contributed by atoms with E-state index < -0.39 is 16.4 Å². The molecule has 0 aliphatic rings. The number of fused-ring (bicyclic) bond motifs is 1. The summed E-state index contributed by atoms with van der Waals surface area (Å²) in [6.07, 6.45) is 3.12. The first-order chi connectivity index (χ1) is 14.9. The zero-order valence-corrected chi connectivity index (χ0v) is 17.6. The summed E-state index contributed by atoms with van der Waals surface area (Å²) < 4.78 is 7.73. The molecule has 0 aliphatic heterocycles. The standard InChI is InChI=1S/C21H15BrN4O5/c1-31-17-9-12(5-7-16(17)27)19-21(25-11-14(22)6-8-18(25)24-19)23-10-13-3-2-4-15(20(13)28)26(29)30/h2-11,27-28H,1H3. The molecule has 31 heavy (non-hydrogen) atoms. The van der Waals surface area contributed by atoms with Crippen LogP contribution < -0.4 is 4.74 Å². The fraction of sp³-hybridized carbons (Fsp3) is 0.0476. The van der Waals surface area contributed by atoms with Crippen molar-refractivity contribution in [1.29, 1.82) is 0 Å². The van der Waals surface area contributed by atoms with Crippen molar-refractivity contribution >= 4 is 39.3 Å². The average Bonchev–Trinajstić information content (AvgIpc) is 3.10. The van der Waals surface area contributed by atoms with Crippen LogP contribution in [0.25, 0.3) is 16.9 Å². The molecule has 0 spiro atoms. The molecular formula is C21H15BrN4O5. The van der Waals surface area contributed by atoms with Crippen LogP contribution >= 0.6 is 15.9 Å². The van der Waals surface area contributed by atoms with Gasteiger partial charge >= 0.3 is 5.69 Å². The Kier molecular flexibility index (Phi) is 5.30. The lowest BCUT2D eigenvalue weighted by Crippen LogP contribution is -1.92. The number of nitro benzene ring substituents is 1. The zero-order chi connectivity index (χ0) is 22.1. The highest BCUT2D eigenvalue weighted by Crippen LogP contribution is 2.37. The van der Waals surface area contributed by atoms with Crippen LogP contribution in [0.5, 0.6) is 17.2 Å². The van der Waals surface area contributed by atoms with E-state index >= 15 is 0 Å². The number of nitro groups is 1. The molecule has 4 aromatic rings. The minimum atomic E-state index is -0.661. The molecule has 2 aromatic carbocycles. The van der Waals surface area contributed by atoms with E-state index in [4.69, 9.17) is 4.74 Å². The SMILES string of the molecule is COc1cc(-c2nc3ccc(Br)cn3c2N=Cc2cccc([N+](=O)[O-])c2O)ccc1O. The minimum absolute atomic E-state index is 0.00988. The fourth-order valence-corrected chi connectivity index (χ4v) is 3.42. The largest absolute Gasteiger partial charge is 0.504 e. The number of phenols is 2. The Morgan fingerprint density at radius 2 is 2.03 bits per heavy atom. The number of hydrogen-bond acceptors (Lipinski definition) is 7. The van der Waals surface area contributed by atoms with Gasteiger partial charge in [0.05, 0.1) is 12.0 Å². The quantitative estimate of drug-likeness (QED) is 0.238. The number of aromatic hydroxyl groups is 2. The molecule has 0 amide bonds.